The molecule has 27 heavy (non-hydrogen) atoms. The molecule has 1 heterocycles. The van der Waals surface area contributed by atoms with Crippen LogP contribution < -0.4 is 5.32 Å². The molecule has 0 aliphatic heterocycles. The summed E-state index contributed by atoms with van der Waals surface area (Å²) in [5.41, 5.74) is 4.99. The molecule has 0 fully saturated rings. The topological polar surface area (TPSA) is 93.5 Å². The third-order valence-corrected chi connectivity index (χ3v) is 4.52. The predicted molar refractivity (Wildman–Crippen MR) is 98.6 cm³/mol. The van der Waals surface area contributed by atoms with E-state index in [4.69, 9.17) is 9.84 Å². The smallest absolute Gasteiger partial charge is 0.411 e. The lowest BCUT2D eigenvalue weighted by Gasteiger charge is -2.14. The molecule has 2 N–H and O–H groups in total. The summed E-state index contributed by atoms with van der Waals surface area (Å²) in [5.74, 6) is -1.02. The van der Waals surface area contributed by atoms with Crippen molar-refractivity contribution >= 4 is 17.7 Å². The Kier molecular flexibility index (Phi) is 4.33. The molecule has 7 nitrogen and oxygen atoms in total. The standard InChI is InChI=1S/C20H17N3O4/c24-19(25)11-23-10-13(9-21-23)22-20(26)27-12-18-16-7-3-1-5-14(16)15-6-2-4-8-17(15)18/h1-10,18H,11-12H2,(H,22,26)(H,24,25). The molecule has 136 valence electrons. The summed E-state index contributed by atoms with van der Waals surface area (Å²) in [7, 11) is 0. The van der Waals surface area contributed by atoms with E-state index in [1.807, 2.05) is 24.3 Å². The molecule has 0 radical (unpaired) electrons. The fraction of sp³-hybridized carbons (Fsp3) is 0.150. The van der Waals surface area contributed by atoms with Crippen LogP contribution in [0.4, 0.5) is 10.5 Å². The van der Waals surface area contributed by atoms with Crippen LogP contribution in [0.5, 0.6) is 0 Å². The molecule has 7 heteroatoms. The average Bonchev–Trinajstić information content (AvgIpc) is 3.21. The zero-order valence-corrected chi connectivity index (χ0v) is 14.3. The predicted octanol–water partition coefficient (Wildman–Crippen LogP) is 3.33. The van der Waals surface area contributed by atoms with Crippen LogP contribution in [0.25, 0.3) is 11.1 Å². The van der Waals surface area contributed by atoms with Crippen molar-refractivity contribution in [2.24, 2.45) is 0 Å². The van der Waals surface area contributed by atoms with Gasteiger partial charge in [-0.05, 0) is 22.3 Å². The van der Waals surface area contributed by atoms with Crippen LogP contribution in [-0.4, -0.2) is 33.6 Å². The third kappa shape index (κ3) is 3.39. The Morgan fingerprint density at radius 3 is 2.33 bits per heavy atom. The zero-order chi connectivity index (χ0) is 18.8. The van der Waals surface area contributed by atoms with Gasteiger partial charge in [-0.3, -0.25) is 14.8 Å². The molecule has 1 aromatic heterocycles. The van der Waals surface area contributed by atoms with Gasteiger partial charge >= 0.3 is 12.1 Å². The highest BCUT2D eigenvalue weighted by Crippen LogP contribution is 2.44. The molecule has 1 amide bonds. The van der Waals surface area contributed by atoms with Gasteiger partial charge in [0.2, 0.25) is 0 Å². The van der Waals surface area contributed by atoms with Gasteiger partial charge in [-0.1, -0.05) is 48.5 Å². The van der Waals surface area contributed by atoms with E-state index < -0.39 is 12.1 Å². The Morgan fingerprint density at radius 1 is 1.07 bits per heavy atom. The Bertz CT molecular complexity index is 966. The highest BCUT2D eigenvalue weighted by Gasteiger charge is 2.29. The molecule has 0 saturated carbocycles. The first-order valence-electron chi connectivity index (χ1n) is 8.48. The van der Waals surface area contributed by atoms with Crippen molar-refractivity contribution in [2.45, 2.75) is 12.5 Å². The Balaban J connectivity index is 1.43. The van der Waals surface area contributed by atoms with Gasteiger partial charge in [0, 0.05) is 12.1 Å². The molecule has 0 bridgehead atoms. The maximum Gasteiger partial charge on any atom is 0.411 e. The minimum Gasteiger partial charge on any atom is -0.480 e. The van der Waals surface area contributed by atoms with Gasteiger partial charge in [0.25, 0.3) is 0 Å². The molecule has 2 aromatic carbocycles. The van der Waals surface area contributed by atoms with Gasteiger partial charge in [0.15, 0.2) is 0 Å². The third-order valence-electron chi connectivity index (χ3n) is 4.52. The van der Waals surface area contributed by atoms with Gasteiger partial charge in [-0.2, -0.15) is 5.10 Å². The van der Waals surface area contributed by atoms with Crippen LogP contribution >= 0.6 is 0 Å². The molecule has 4 rings (SSSR count). The van der Waals surface area contributed by atoms with E-state index in [9.17, 15) is 9.59 Å². The summed E-state index contributed by atoms with van der Waals surface area (Å²) in [5, 5.41) is 15.2. The molecule has 0 atom stereocenters. The first kappa shape index (κ1) is 16.8. The maximum absolute atomic E-state index is 12.1. The lowest BCUT2D eigenvalue weighted by atomic mass is 9.98. The first-order valence-corrected chi connectivity index (χ1v) is 8.48. The first-order chi connectivity index (χ1) is 13.1. The Labute approximate surface area is 155 Å². The molecule has 1 aliphatic carbocycles. The number of carbonyl (C=O) groups is 2. The average molecular weight is 363 g/mol. The number of carbonyl (C=O) groups excluding carboxylic acids is 1. The van der Waals surface area contributed by atoms with Crippen molar-refractivity contribution in [1.82, 2.24) is 9.78 Å². The van der Waals surface area contributed by atoms with Crippen LogP contribution in [0.1, 0.15) is 17.0 Å². The molecule has 1 aliphatic rings. The fourth-order valence-electron chi connectivity index (χ4n) is 3.41. The number of hydrogen-bond donors (Lipinski definition) is 2. The summed E-state index contributed by atoms with van der Waals surface area (Å²) in [4.78, 5) is 22.8. The van der Waals surface area contributed by atoms with Crippen molar-refractivity contribution < 1.29 is 19.4 Å². The number of hydrogen-bond acceptors (Lipinski definition) is 4. The van der Waals surface area contributed by atoms with Crippen LogP contribution in [0, 0.1) is 0 Å². The van der Waals surface area contributed by atoms with Gasteiger partial charge in [-0.25, -0.2) is 4.79 Å². The molecule has 0 unspecified atom stereocenters. The van der Waals surface area contributed by atoms with E-state index in [1.54, 1.807) is 0 Å². The normalized spacial score (nSPS) is 12.3. The van der Waals surface area contributed by atoms with Gasteiger partial charge in [0.1, 0.15) is 13.2 Å². The lowest BCUT2D eigenvalue weighted by molar-refractivity contribution is -0.137. The SMILES string of the molecule is O=C(O)Cn1cc(NC(=O)OCC2c3ccccc3-c3ccccc32)cn1. The van der Waals surface area contributed by atoms with E-state index in [0.29, 0.717) is 5.69 Å². The number of amides is 1. The highest BCUT2D eigenvalue weighted by atomic mass is 16.5. The van der Waals surface area contributed by atoms with E-state index in [-0.39, 0.29) is 19.1 Å². The Morgan fingerprint density at radius 2 is 1.70 bits per heavy atom. The summed E-state index contributed by atoms with van der Waals surface area (Å²) in [6.07, 6.45) is 2.21. The van der Waals surface area contributed by atoms with Gasteiger partial charge < -0.3 is 9.84 Å². The molecular weight excluding hydrogens is 346 g/mol. The maximum atomic E-state index is 12.1. The summed E-state index contributed by atoms with van der Waals surface area (Å²) in [6, 6.07) is 16.2. The van der Waals surface area contributed by atoms with Crippen LogP contribution in [-0.2, 0) is 16.1 Å². The molecule has 0 spiro atoms. The number of fused-ring (bicyclic) bond motifs is 3. The van der Waals surface area contributed by atoms with Crippen molar-refractivity contribution in [3.05, 3.63) is 72.1 Å². The zero-order valence-electron chi connectivity index (χ0n) is 14.3. The van der Waals surface area contributed by atoms with Crippen molar-refractivity contribution in [1.29, 1.82) is 0 Å². The van der Waals surface area contributed by atoms with E-state index in [0.717, 1.165) is 22.3 Å². The quantitative estimate of drug-likeness (QED) is 0.725. The summed E-state index contributed by atoms with van der Waals surface area (Å²) in [6.45, 7) is -0.0600. The number of carboxylic acids is 1. The monoisotopic (exact) mass is 363 g/mol. The van der Waals surface area contributed by atoms with E-state index >= 15 is 0 Å². The number of rotatable bonds is 5. The Hall–Kier alpha value is -3.61. The van der Waals surface area contributed by atoms with Crippen LogP contribution in [0.3, 0.4) is 0 Å². The number of benzene rings is 2. The van der Waals surface area contributed by atoms with Crippen molar-refractivity contribution in [3.8, 4) is 11.1 Å². The number of nitrogens with one attached hydrogen (secondary N) is 1. The lowest BCUT2D eigenvalue weighted by Crippen LogP contribution is -2.17. The minimum atomic E-state index is -1.01. The van der Waals surface area contributed by atoms with E-state index in [2.05, 4.69) is 34.7 Å². The van der Waals surface area contributed by atoms with Gasteiger partial charge in [-0.15, -0.1) is 0 Å². The van der Waals surface area contributed by atoms with Crippen molar-refractivity contribution in [2.75, 3.05) is 11.9 Å². The number of ether oxygens (including phenoxy) is 1. The number of nitrogens with zero attached hydrogens (tertiary/aromatic N) is 2. The van der Waals surface area contributed by atoms with E-state index in [1.165, 1.54) is 17.1 Å². The molecule has 3 aromatic rings. The molecule has 0 saturated heterocycles. The molecular formula is C20H17N3O4. The number of aromatic nitrogens is 2. The second-order valence-electron chi connectivity index (χ2n) is 6.27. The largest absolute Gasteiger partial charge is 0.480 e. The van der Waals surface area contributed by atoms with Crippen LogP contribution in [0.15, 0.2) is 60.9 Å². The summed E-state index contributed by atoms with van der Waals surface area (Å²) < 4.78 is 6.65. The highest BCUT2D eigenvalue weighted by molar-refractivity contribution is 5.84. The number of anilines is 1. The number of carboxylic acid groups (broad SMARTS) is 1. The minimum absolute atomic E-state index is 0.0158. The number of aliphatic carboxylic acids is 1. The summed E-state index contributed by atoms with van der Waals surface area (Å²) >= 11 is 0. The second-order valence-corrected chi connectivity index (χ2v) is 6.27. The van der Waals surface area contributed by atoms with Crippen molar-refractivity contribution in [3.63, 3.8) is 0 Å². The van der Waals surface area contributed by atoms with Gasteiger partial charge in [0.05, 0.1) is 11.9 Å². The fourth-order valence-corrected chi connectivity index (χ4v) is 3.41. The second kappa shape index (κ2) is 6.95. The van der Waals surface area contributed by atoms with Crippen LogP contribution in [0.2, 0.25) is 0 Å².